The second kappa shape index (κ2) is 8.30. The molecule has 0 spiro atoms. The molecule has 2 fully saturated rings. The molecule has 3 aliphatic carbocycles. The minimum atomic E-state index is -1.03. The highest BCUT2D eigenvalue weighted by molar-refractivity contribution is 5.90. The van der Waals surface area contributed by atoms with Crippen LogP contribution >= 0.6 is 0 Å². The van der Waals surface area contributed by atoms with Crippen LogP contribution in [0.5, 0.6) is 0 Å². The molecule has 3 N–H and O–H groups in total. The van der Waals surface area contributed by atoms with Crippen LogP contribution < -0.4 is 10.6 Å². The SMILES string of the molecule is O=C(NC(C(=O)NC(C(=O)O)C1CC1)C1CC1)OCC1c2ccccc2-c2ccccc21. The first kappa shape index (κ1) is 20.5. The Balaban J connectivity index is 1.23. The van der Waals surface area contributed by atoms with Gasteiger partial charge in [0, 0.05) is 5.92 Å². The summed E-state index contributed by atoms with van der Waals surface area (Å²) in [6, 6.07) is 14.5. The fourth-order valence-corrected chi connectivity index (χ4v) is 4.65. The predicted molar refractivity (Wildman–Crippen MR) is 117 cm³/mol. The molecular formula is C25H26N2O5. The van der Waals surface area contributed by atoms with Gasteiger partial charge in [-0.15, -0.1) is 0 Å². The van der Waals surface area contributed by atoms with E-state index in [1.807, 2.05) is 36.4 Å². The third kappa shape index (κ3) is 4.07. The minimum Gasteiger partial charge on any atom is -0.480 e. The maximum Gasteiger partial charge on any atom is 0.407 e. The number of carbonyl (C=O) groups is 3. The van der Waals surface area contributed by atoms with E-state index < -0.39 is 30.1 Å². The number of nitrogens with one attached hydrogen (secondary N) is 2. The molecule has 0 bridgehead atoms. The summed E-state index contributed by atoms with van der Waals surface area (Å²) in [4.78, 5) is 36.8. The molecule has 2 saturated carbocycles. The van der Waals surface area contributed by atoms with Crippen molar-refractivity contribution in [3.63, 3.8) is 0 Å². The Bertz CT molecular complexity index is 1010. The van der Waals surface area contributed by atoms with Crippen LogP contribution in [0.25, 0.3) is 11.1 Å². The van der Waals surface area contributed by atoms with Crippen LogP contribution in [0.1, 0.15) is 42.7 Å². The molecule has 2 aromatic carbocycles. The van der Waals surface area contributed by atoms with Crippen LogP contribution in [0, 0.1) is 11.8 Å². The number of benzene rings is 2. The second-order valence-electron chi connectivity index (χ2n) is 8.95. The van der Waals surface area contributed by atoms with Crippen molar-refractivity contribution in [3.8, 4) is 11.1 Å². The van der Waals surface area contributed by atoms with E-state index in [1.54, 1.807) is 0 Å². The van der Waals surface area contributed by atoms with Gasteiger partial charge in [0.05, 0.1) is 0 Å². The lowest BCUT2D eigenvalue weighted by molar-refractivity contribution is -0.142. The van der Waals surface area contributed by atoms with Crippen molar-refractivity contribution in [1.29, 1.82) is 0 Å². The fraction of sp³-hybridized carbons (Fsp3) is 0.400. The summed E-state index contributed by atoms with van der Waals surface area (Å²) < 4.78 is 5.56. The number of hydrogen-bond acceptors (Lipinski definition) is 4. The molecule has 3 aliphatic rings. The molecule has 7 heteroatoms. The largest absolute Gasteiger partial charge is 0.480 e. The molecule has 0 aromatic heterocycles. The lowest BCUT2D eigenvalue weighted by Gasteiger charge is -2.21. The third-order valence-electron chi connectivity index (χ3n) is 6.65. The Hall–Kier alpha value is -3.35. The van der Waals surface area contributed by atoms with Crippen molar-refractivity contribution in [2.45, 2.75) is 43.7 Å². The van der Waals surface area contributed by atoms with E-state index in [-0.39, 0.29) is 24.4 Å². The van der Waals surface area contributed by atoms with Crippen LogP contribution in [0.15, 0.2) is 48.5 Å². The summed E-state index contributed by atoms with van der Waals surface area (Å²) in [7, 11) is 0. The molecule has 0 aliphatic heterocycles. The maximum atomic E-state index is 12.8. The fourth-order valence-electron chi connectivity index (χ4n) is 4.65. The average molecular weight is 434 g/mol. The zero-order valence-electron chi connectivity index (χ0n) is 17.6. The Morgan fingerprint density at radius 2 is 1.38 bits per heavy atom. The van der Waals surface area contributed by atoms with Crippen LogP contribution in [0.4, 0.5) is 4.79 Å². The summed E-state index contributed by atoms with van der Waals surface area (Å²) in [6.07, 6.45) is 2.58. The van der Waals surface area contributed by atoms with Crippen LogP contribution in [-0.4, -0.2) is 41.8 Å². The number of amides is 2. The van der Waals surface area contributed by atoms with Gasteiger partial charge in [-0.1, -0.05) is 48.5 Å². The lowest BCUT2D eigenvalue weighted by atomic mass is 9.98. The molecular weight excluding hydrogens is 408 g/mol. The molecule has 166 valence electrons. The van der Waals surface area contributed by atoms with Crippen LogP contribution in [0.3, 0.4) is 0 Å². The highest BCUT2D eigenvalue weighted by atomic mass is 16.5. The first-order valence-corrected chi connectivity index (χ1v) is 11.2. The molecule has 2 atom stereocenters. The smallest absolute Gasteiger partial charge is 0.407 e. The van der Waals surface area contributed by atoms with E-state index in [4.69, 9.17) is 4.74 Å². The topological polar surface area (TPSA) is 105 Å². The molecule has 0 radical (unpaired) electrons. The number of alkyl carbamates (subject to hydrolysis) is 1. The normalized spacial score (nSPS) is 18.8. The van der Waals surface area contributed by atoms with Gasteiger partial charge < -0.3 is 20.5 Å². The highest BCUT2D eigenvalue weighted by Crippen LogP contribution is 2.44. The van der Waals surface area contributed by atoms with Gasteiger partial charge in [-0.2, -0.15) is 0 Å². The lowest BCUT2D eigenvalue weighted by Crippen LogP contribution is -2.53. The van der Waals surface area contributed by atoms with Gasteiger partial charge in [0.2, 0.25) is 5.91 Å². The van der Waals surface area contributed by atoms with Gasteiger partial charge in [0.25, 0.3) is 0 Å². The monoisotopic (exact) mass is 434 g/mol. The van der Waals surface area contributed by atoms with E-state index in [2.05, 4.69) is 22.8 Å². The number of aliphatic carboxylic acids is 1. The van der Waals surface area contributed by atoms with Gasteiger partial charge in [-0.3, -0.25) is 4.79 Å². The Labute approximate surface area is 186 Å². The first-order valence-electron chi connectivity index (χ1n) is 11.2. The number of fused-ring (bicyclic) bond motifs is 3. The van der Waals surface area contributed by atoms with Crippen molar-refractivity contribution < 1.29 is 24.2 Å². The van der Waals surface area contributed by atoms with E-state index in [0.29, 0.717) is 0 Å². The number of carbonyl (C=O) groups excluding carboxylic acids is 2. The zero-order chi connectivity index (χ0) is 22.2. The number of carboxylic acid groups (broad SMARTS) is 1. The van der Waals surface area contributed by atoms with Crippen molar-refractivity contribution >= 4 is 18.0 Å². The van der Waals surface area contributed by atoms with Crippen LogP contribution in [0.2, 0.25) is 0 Å². The highest BCUT2D eigenvalue weighted by Gasteiger charge is 2.42. The summed E-state index contributed by atoms with van der Waals surface area (Å²) in [6.45, 7) is 0.165. The van der Waals surface area contributed by atoms with E-state index in [0.717, 1.165) is 47.9 Å². The minimum absolute atomic E-state index is 0.0177. The van der Waals surface area contributed by atoms with Gasteiger partial charge in [-0.05, 0) is 59.8 Å². The average Bonchev–Trinajstić information content (AvgIpc) is 3.71. The molecule has 5 rings (SSSR count). The predicted octanol–water partition coefficient (Wildman–Crippen LogP) is 3.28. The Morgan fingerprint density at radius 3 is 1.91 bits per heavy atom. The van der Waals surface area contributed by atoms with Gasteiger partial charge in [-0.25, -0.2) is 9.59 Å². The standard InChI is InChI=1S/C25H26N2O5/c28-23(26-22(24(29)30)15-11-12-15)21(14-9-10-14)27-25(31)32-13-20-18-7-3-1-5-16(18)17-6-2-4-8-19(17)20/h1-8,14-15,20-22H,9-13H2,(H,26,28)(H,27,31)(H,29,30). The number of ether oxygens (including phenoxy) is 1. The molecule has 0 saturated heterocycles. The number of carboxylic acids is 1. The number of rotatable bonds is 8. The van der Waals surface area contributed by atoms with E-state index in [1.165, 1.54) is 0 Å². The number of hydrogen-bond donors (Lipinski definition) is 3. The van der Waals surface area contributed by atoms with Crippen molar-refractivity contribution in [3.05, 3.63) is 59.7 Å². The van der Waals surface area contributed by atoms with Gasteiger partial charge >= 0.3 is 12.1 Å². The molecule has 7 nitrogen and oxygen atoms in total. The second-order valence-corrected chi connectivity index (χ2v) is 8.95. The molecule has 2 aromatic rings. The zero-order valence-corrected chi connectivity index (χ0v) is 17.6. The Kier molecular flexibility index (Phi) is 5.33. The first-order chi connectivity index (χ1) is 15.5. The van der Waals surface area contributed by atoms with Gasteiger partial charge in [0.15, 0.2) is 0 Å². The van der Waals surface area contributed by atoms with E-state index in [9.17, 15) is 19.5 Å². The quantitative estimate of drug-likeness (QED) is 0.591. The molecule has 0 heterocycles. The molecule has 2 unspecified atom stereocenters. The van der Waals surface area contributed by atoms with Gasteiger partial charge in [0.1, 0.15) is 18.7 Å². The molecule has 32 heavy (non-hydrogen) atoms. The molecule has 2 amide bonds. The van der Waals surface area contributed by atoms with Crippen molar-refractivity contribution in [2.75, 3.05) is 6.61 Å². The van der Waals surface area contributed by atoms with Crippen molar-refractivity contribution in [1.82, 2.24) is 10.6 Å². The maximum absolute atomic E-state index is 12.8. The summed E-state index contributed by atoms with van der Waals surface area (Å²) >= 11 is 0. The summed E-state index contributed by atoms with van der Waals surface area (Å²) in [5, 5.41) is 14.7. The Morgan fingerprint density at radius 1 is 0.844 bits per heavy atom. The van der Waals surface area contributed by atoms with Crippen molar-refractivity contribution in [2.24, 2.45) is 11.8 Å². The summed E-state index contributed by atoms with van der Waals surface area (Å²) in [5.74, 6) is -1.54. The van der Waals surface area contributed by atoms with E-state index >= 15 is 0 Å². The summed E-state index contributed by atoms with van der Waals surface area (Å²) in [5.41, 5.74) is 4.53. The third-order valence-corrected chi connectivity index (χ3v) is 6.65. The van der Waals surface area contributed by atoms with Crippen LogP contribution in [-0.2, 0) is 14.3 Å².